The van der Waals surface area contributed by atoms with Gasteiger partial charge < -0.3 is 5.73 Å². The van der Waals surface area contributed by atoms with Crippen LogP contribution in [0.3, 0.4) is 0 Å². The van der Waals surface area contributed by atoms with Gasteiger partial charge >= 0.3 is 0 Å². The second-order valence-electron chi connectivity index (χ2n) is 5.70. The van der Waals surface area contributed by atoms with Crippen LogP contribution in [0.2, 0.25) is 0 Å². The minimum Gasteiger partial charge on any atom is -0.326 e. The first kappa shape index (κ1) is 16.2. The van der Waals surface area contributed by atoms with Gasteiger partial charge in [-0.2, -0.15) is 0 Å². The van der Waals surface area contributed by atoms with Gasteiger partial charge in [0.25, 0.3) is 0 Å². The fourth-order valence-corrected chi connectivity index (χ4v) is 3.08. The molecule has 0 heterocycles. The third kappa shape index (κ3) is 4.16. The molecule has 2 N–H and O–H groups in total. The smallest absolute Gasteiger partial charge is 0.0499 e. The van der Waals surface area contributed by atoms with E-state index in [2.05, 4.69) is 90.3 Å². The highest BCUT2D eigenvalue weighted by Crippen LogP contribution is 2.26. The van der Waals surface area contributed by atoms with Crippen LogP contribution in [0.5, 0.6) is 0 Å². The molecule has 0 aliphatic carbocycles. The van der Waals surface area contributed by atoms with E-state index in [0.717, 1.165) is 11.0 Å². The molecule has 112 valence electrons. The summed E-state index contributed by atoms with van der Waals surface area (Å²) in [5, 5.41) is 0. The van der Waals surface area contributed by atoms with Crippen LogP contribution < -0.4 is 5.73 Å². The van der Waals surface area contributed by atoms with Crippen molar-refractivity contribution >= 4 is 15.9 Å². The van der Waals surface area contributed by atoms with E-state index in [4.69, 9.17) is 5.73 Å². The second-order valence-corrected chi connectivity index (χ2v) is 6.62. The summed E-state index contributed by atoms with van der Waals surface area (Å²) in [7, 11) is 2.14. The van der Waals surface area contributed by atoms with E-state index in [-0.39, 0.29) is 12.1 Å². The average Bonchev–Trinajstić information content (AvgIpc) is 2.43. The van der Waals surface area contributed by atoms with Crippen molar-refractivity contribution in [3.8, 4) is 0 Å². The number of aryl methyl sites for hydroxylation is 1. The first-order valence-electron chi connectivity index (χ1n) is 7.25. The molecule has 2 rings (SSSR count). The van der Waals surface area contributed by atoms with Crippen LogP contribution in [0.15, 0.2) is 53.0 Å². The molecule has 0 fully saturated rings. The van der Waals surface area contributed by atoms with Crippen LogP contribution in [0.4, 0.5) is 0 Å². The fourth-order valence-electron chi connectivity index (χ4n) is 2.82. The summed E-state index contributed by atoms with van der Waals surface area (Å²) in [5.41, 5.74) is 10.2. The maximum Gasteiger partial charge on any atom is 0.0499 e. The zero-order valence-electron chi connectivity index (χ0n) is 12.9. The zero-order chi connectivity index (χ0) is 15.4. The Kier molecular flexibility index (Phi) is 5.57. The van der Waals surface area contributed by atoms with Gasteiger partial charge in [0, 0.05) is 23.1 Å². The molecule has 2 unspecified atom stereocenters. The van der Waals surface area contributed by atoms with E-state index in [9.17, 15) is 0 Å². The molecule has 0 saturated heterocycles. The predicted molar refractivity (Wildman–Crippen MR) is 93.2 cm³/mol. The lowest BCUT2D eigenvalue weighted by Gasteiger charge is -2.32. The normalized spacial score (nSPS) is 14.2. The van der Waals surface area contributed by atoms with Gasteiger partial charge in [0.1, 0.15) is 0 Å². The Morgan fingerprint density at radius 3 is 2.29 bits per heavy atom. The van der Waals surface area contributed by atoms with Crippen LogP contribution in [-0.2, 0) is 6.54 Å². The van der Waals surface area contributed by atoms with Crippen molar-refractivity contribution in [3.63, 3.8) is 0 Å². The van der Waals surface area contributed by atoms with Gasteiger partial charge in [0.05, 0.1) is 0 Å². The molecule has 0 aliphatic rings. The standard InChI is InChI=1S/C18H23BrN2/c1-13-6-4-5-7-17(13)18(14(2)20)21(3)12-15-8-10-16(19)11-9-15/h4-11,14,18H,12,20H2,1-3H3. The summed E-state index contributed by atoms with van der Waals surface area (Å²) in [6.45, 7) is 5.11. The summed E-state index contributed by atoms with van der Waals surface area (Å²) in [5.74, 6) is 0. The monoisotopic (exact) mass is 346 g/mol. The predicted octanol–water partition coefficient (Wildman–Crippen LogP) is 4.28. The van der Waals surface area contributed by atoms with Crippen LogP contribution in [0, 0.1) is 6.92 Å². The van der Waals surface area contributed by atoms with Crippen LogP contribution in [-0.4, -0.2) is 18.0 Å². The van der Waals surface area contributed by atoms with Gasteiger partial charge in [-0.3, -0.25) is 4.90 Å². The first-order chi connectivity index (χ1) is 9.99. The molecule has 0 amide bonds. The fraction of sp³-hybridized carbons (Fsp3) is 0.333. The molecule has 0 saturated carbocycles. The molecule has 2 nitrogen and oxygen atoms in total. The quantitative estimate of drug-likeness (QED) is 0.875. The Bertz CT molecular complexity index is 578. The molecular weight excluding hydrogens is 324 g/mol. The maximum absolute atomic E-state index is 6.27. The van der Waals surface area contributed by atoms with Crippen molar-refractivity contribution in [2.45, 2.75) is 32.5 Å². The third-order valence-corrected chi connectivity index (χ3v) is 4.35. The van der Waals surface area contributed by atoms with Crippen LogP contribution in [0.1, 0.15) is 29.7 Å². The van der Waals surface area contributed by atoms with Crippen molar-refractivity contribution in [1.29, 1.82) is 0 Å². The van der Waals surface area contributed by atoms with Gasteiger partial charge in [-0.1, -0.05) is 52.3 Å². The van der Waals surface area contributed by atoms with E-state index < -0.39 is 0 Å². The highest BCUT2D eigenvalue weighted by Gasteiger charge is 2.22. The minimum absolute atomic E-state index is 0.0755. The van der Waals surface area contributed by atoms with Gasteiger partial charge in [-0.05, 0) is 49.7 Å². The number of halogens is 1. The number of hydrogen-bond donors (Lipinski definition) is 1. The number of nitrogens with two attached hydrogens (primary N) is 1. The van der Waals surface area contributed by atoms with Gasteiger partial charge in [0.15, 0.2) is 0 Å². The lowest BCUT2D eigenvalue weighted by molar-refractivity contribution is 0.210. The van der Waals surface area contributed by atoms with E-state index in [1.807, 2.05) is 0 Å². The third-order valence-electron chi connectivity index (χ3n) is 3.83. The molecule has 21 heavy (non-hydrogen) atoms. The highest BCUT2D eigenvalue weighted by atomic mass is 79.9. The number of likely N-dealkylation sites (N-methyl/N-ethyl adjacent to an activating group) is 1. The van der Waals surface area contributed by atoms with E-state index >= 15 is 0 Å². The molecule has 2 atom stereocenters. The van der Waals surface area contributed by atoms with Crippen molar-refractivity contribution in [1.82, 2.24) is 4.90 Å². The van der Waals surface area contributed by atoms with Crippen molar-refractivity contribution in [2.24, 2.45) is 5.73 Å². The van der Waals surface area contributed by atoms with Crippen molar-refractivity contribution in [3.05, 3.63) is 69.7 Å². The van der Waals surface area contributed by atoms with E-state index in [1.165, 1.54) is 16.7 Å². The molecule has 3 heteroatoms. The maximum atomic E-state index is 6.27. The molecule has 2 aromatic rings. The SMILES string of the molecule is Cc1ccccc1C(C(C)N)N(C)Cc1ccc(Br)cc1. The lowest BCUT2D eigenvalue weighted by Crippen LogP contribution is -2.37. The summed E-state index contributed by atoms with van der Waals surface area (Å²) in [4.78, 5) is 2.33. The summed E-state index contributed by atoms with van der Waals surface area (Å²) < 4.78 is 1.11. The summed E-state index contributed by atoms with van der Waals surface area (Å²) in [6, 6.07) is 17.3. The Labute approximate surface area is 136 Å². The molecule has 2 aromatic carbocycles. The lowest BCUT2D eigenvalue weighted by atomic mass is 9.95. The zero-order valence-corrected chi connectivity index (χ0v) is 14.5. The largest absolute Gasteiger partial charge is 0.326 e. The van der Waals surface area contributed by atoms with Crippen LogP contribution in [0.25, 0.3) is 0 Å². The van der Waals surface area contributed by atoms with Gasteiger partial charge in [-0.25, -0.2) is 0 Å². The number of benzene rings is 2. The van der Waals surface area contributed by atoms with Crippen LogP contribution >= 0.6 is 15.9 Å². The van der Waals surface area contributed by atoms with Gasteiger partial charge in [0.2, 0.25) is 0 Å². The molecule has 0 bridgehead atoms. The topological polar surface area (TPSA) is 29.3 Å². The van der Waals surface area contributed by atoms with Crippen molar-refractivity contribution in [2.75, 3.05) is 7.05 Å². The van der Waals surface area contributed by atoms with E-state index in [1.54, 1.807) is 0 Å². The Morgan fingerprint density at radius 2 is 1.71 bits per heavy atom. The summed E-state index contributed by atoms with van der Waals surface area (Å²) >= 11 is 3.48. The molecule has 0 spiro atoms. The summed E-state index contributed by atoms with van der Waals surface area (Å²) in [6.07, 6.45) is 0. The number of nitrogens with zero attached hydrogens (tertiary/aromatic N) is 1. The number of hydrogen-bond acceptors (Lipinski definition) is 2. The molecular formula is C18H23BrN2. The first-order valence-corrected chi connectivity index (χ1v) is 8.04. The minimum atomic E-state index is 0.0755. The Morgan fingerprint density at radius 1 is 1.10 bits per heavy atom. The van der Waals surface area contributed by atoms with Gasteiger partial charge in [-0.15, -0.1) is 0 Å². The average molecular weight is 347 g/mol. The Hall–Kier alpha value is -1.16. The van der Waals surface area contributed by atoms with E-state index in [0.29, 0.717) is 0 Å². The number of rotatable bonds is 5. The van der Waals surface area contributed by atoms with Crippen molar-refractivity contribution < 1.29 is 0 Å². The molecule has 0 radical (unpaired) electrons. The molecule has 0 aromatic heterocycles. The highest BCUT2D eigenvalue weighted by molar-refractivity contribution is 9.10. The Balaban J connectivity index is 2.22. The second kappa shape index (κ2) is 7.21. The molecule has 0 aliphatic heterocycles.